The Labute approximate surface area is 91.9 Å². The van der Waals surface area contributed by atoms with E-state index in [1.54, 1.807) is 0 Å². The van der Waals surface area contributed by atoms with Crippen molar-refractivity contribution in [1.29, 1.82) is 0 Å². The number of rotatable bonds is 4. The van der Waals surface area contributed by atoms with Crippen LogP contribution in [0.3, 0.4) is 0 Å². The first-order valence-corrected chi connectivity index (χ1v) is 5.81. The van der Waals surface area contributed by atoms with E-state index in [0.29, 0.717) is 18.3 Å². The summed E-state index contributed by atoms with van der Waals surface area (Å²) in [5.41, 5.74) is 5.40. The van der Waals surface area contributed by atoms with Crippen LogP contribution in [0.4, 0.5) is 0 Å². The fourth-order valence-electron chi connectivity index (χ4n) is 2.57. The number of hydrogen-bond donors (Lipinski definition) is 3. The third-order valence-electron chi connectivity index (χ3n) is 3.12. The van der Waals surface area contributed by atoms with Crippen molar-refractivity contribution < 1.29 is 5.21 Å². The highest BCUT2D eigenvalue weighted by molar-refractivity contribution is 5.79. The van der Waals surface area contributed by atoms with E-state index in [9.17, 15) is 0 Å². The molecule has 4 nitrogen and oxygen atoms in total. The van der Waals surface area contributed by atoms with Crippen LogP contribution in [-0.2, 0) is 0 Å². The largest absolute Gasteiger partial charge is 0.409 e. The van der Waals surface area contributed by atoms with E-state index in [1.807, 2.05) is 0 Å². The average Bonchev–Trinajstić information content (AvgIpc) is 2.16. The Bertz CT molecular complexity index is 208. The molecule has 1 fully saturated rings. The number of oxime groups is 1. The van der Waals surface area contributed by atoms with Crippen molar-refractivity contribution in [2.45, 2.75) is 45.6 Å². The highest BCUT2D eigenvalue weighted by Crippen LogP contribution is 2.28. The van der Waals surface area contributed by atoms with Crippen molar-refractivity contribution in [3.05, 3.63) is 0 Å². The number of nitrogens with two attached hydrogens (primary N) is 1. The lowest BCUT2D eigenvalue weighted by Gasteiger charge is -2.32. The first-order valence-electron chi connectivity index (χ1n) is 5.81. The van der Waals surface area contributed by atoms with Gasteiger partial charge in [-0.25, -0.2) is 0 Å². The van der Waals surface area contributed by atoms with Gasteiger partial charge in [0.2, 0.25) is 0 Å². The van der Waals surface area contributed by atoms with Crippen molar-refractivity contribution >= 4 is 5.84 Å². The molecule has 0 radical (unpaired) electrons. The van der Waals surface area contributed by atoms with Gasteiger partial charge in [-0.1, -0.05) is 19.0 Å². The molecule has 0 spiro atoms. The fraction of sp³-hybridized carbons (Fsp3) is 0.909. The molecule has 1 aliphatic carbocycles. The van der Waals surface area contributed by atoms with Crippen molar-refractivity contribution in [2.24, 2.45) is 22.7 Å². The quantitative estimate of drug-likeness (QED) is 0.287. The van der Waals surface area contributed by atoms with Gasteiger partial charge in [-0.15, -0.1) is 0 Å². The molecule has 1 saturated carbocycles. The zero-order chi connectivity index (χ0) is 11.3. The summed E-state index contributed by atoms with van der Waals surface area (Å²) >= 11 is 0. The van der Waals surface area contributed by atoms with Gasteiger partial charge in [0.25, 0.3) is 0 Å². The maximum absolute atomic E-state index is 8.39. The Morgan fingerprint density at radius 3 is 2.47 bits per heavy atom. The molecule has 2 atom stereocenters. The molecule has 0 heterocycles. The van der Waals surface area contributed by atoms with Gasteiger partial charge in [0.1, 0.15) is 5.84 Å². The van der Waals surface area contributed by atoms with Gasteiger partial charge in [0.05, 0.1) is 0 Å². The summed E-state index contributed by atoms with van der Waals surface area (Å²) in [7, 11) is 0. The lowest BCUT2D eigenvalue weighted by atomic mass is 9.80. The highest BCUT2D eigenvalue weighted by Gasteiger charge is 2.23. The highest BCUT2D eigenvalue weighted by atomic mass is 16.4. The van der Waals surface area contributed by atoms with Crippen LogP contribution in [0.2, 0.25) is 0 Å². The minimum atomic E-state index is 0.305. The Morgan fingerprint density at radius 1 is 1.33 bits per heavy atom. The summed E-state index contributed by atoms with van der Waals surface area (Å²) in [6.07, 6.45) is 4.47. The summed E-state index contributed by atoms with van der Waals surface area (Å²) in [6.45, 7) is 5.43. The second-order valence-electron chi connectivity index (χ2n) is 4.91. The molecule has 1 aliphatic rings. The third kappa shape index (κ3) is 4.51. The Balaban J connectivity index is 2.20. The zero-order valence-electron chi connectivity index (χ0n) is 9.74. The first-order chi connectivity index (χ1) is 7.11. The zero-order valence-corrected chi connectivity index (χ0v) is 9.74. The van der Waals surface area contributed by atoms with Gasteiger partial charge in [-0.05, 0) is 31.1 Å². The second-order valence-corrected chi connectivity index (χ2v) is 4.91. The number of hydrogen-bond acceptors (Lipinski definition) is 3. The molecule has 0 amide bonds. The predicted octanol–water partition coefficient (Wildman–Crippen LogP) is 1.54. The maximum atomic E-state index is 8.39. The molecule has 0 aromatic heterocycles. The third-order valence-corrected chi connectivity index (χ3v) is 3.12. The molecule has 0 aromatic carbocycles. The van der Waals surface area contributed by atoms with Gasteiger partial charge in [-0.2, -0.15) is 0 Å². The Morgan fingerprint density at radius 2 is 1.93 bits per heavy atom. The van der Waals surface area contributed by atoms with Gasteiger partial charge in [0, 0.05) is 19.0 Å². The topological polar surface area (TPSA) is 70.6 Å². The second kappa shape index (κ2) is 5.95. The van der Waals surface area contributed by atoms with Crippen molar-refractivity contribution in [3.8, 4) is 0 Å². The van der Waals surface area contributed by atoms with Crippen LogP contribution >= 0.6 is 0 Å². The molecule has 2 unspecified atom stereocenters. The summed E-state index contributed by atoms with van der Waals surface area (Å²) < 4.78 is 0. The normalized spacial score (nSPS) is 32.9. The predicted molar refractivity (Wildman–Crippen MR) is 62.0 cm³/mol. The van der Waals surface area contributed by atoms with E-state index in [1.165, 1.54) is 19.3 Å². The molecular formula is C11H23N3O. The fourth-order valence-corrected chi connectivity index (χ4v) is 2.57. The summed E-state index contributed by atoms with van der Waals surface area (Å²) in [6, 6.07) is 0.607. The number of amidine groups is 1. The molecule has 0 aromatic rings. The van der Waals surface area contributed by atoms with Crippen LogP contribution in [0.5, 0.6) is 0 Å². The standard InChI is InChI=1S/C11H23N3O/c1-8-5-9(2)7-10(6-8)13-4-3-11(12)14-15/h8-10,13,15H,3-7H2,1-2H3,(H2,12,14). The van der Waals surface area contributed by atoms with Crippen LogP contribution in [0.25, 0.3) is 0 Å². The minimum absolute atomic E-state index is 0.305. The van der Waals surface area contributed by atoms with E-state index in [0.717, 1.165) is 18.4 Å². The van der Waals surface area contributed by atoms with E-state index in [2.05, 4.69) is 24.3 Å². The number of nitrogens with zero attached hydrogens (tertiary/aromatic N) is 1. The van der Waals surface area contributed by atoms with E-state index in [-0.39, 0.29) is 0 Å². The molecule has 1 rings (SSSR count). The molecule has 0 saturated heterocycles. The smallest absolute Gasteiger partial charge is 0.140 e. The molecule has 4 N–H and O–H groups in total. The van der Waals surface area contributed by atoms with Crippen molar-refractivity contribution in [3.63, 3.8) is 0 Å². The molecule has 88 valence electrons. The van der Waals surface area contributed by atoms with Crippen LogP contribution < -0.4 is 11.1 Å². The average molecular weight is 213 g/mol. The maximum Gasteiger partial charge on any atom is 0.140 e. The van der Waals surface area contributed by atoms with Crippen LogP contribution in [-0.4, -0.2) is 23.6 Å². The van der Waals surface area contributed by atoms with Crippen LogP contribution in [0.1, 0.15) is 39.5 Å². The van der Waals surface area contributed by atoms with E-state index < -0.39 is 0 Å². The first kappa shape index (κ1) is 12.3. The molecule has 0 bridgehead atoms. The van der Waals surface area contributed by atoms with Gasteiger partial charge in [-0.3, -0.25) is 0 Å². The van der Waals surface area contributed by atoms with E-state index >= 15 is 0 Å². The van der Waals surface area contributed by atoms with Crippen molar-refractivity contribution in [2.75, 3.05) is 6.54 Å². The lowest BCUT2D eigenvalue weighted by Crippen LogP contribution is -2.37. The van der Waals surface area contributed by atoms with Gasteiger partial charge in [0.15, 0.2) is 0 Å². The van der Waals surface area contributed by atoms with Crippen molar-refractivity contribution in [1.82, 2.24) is 5.32 Å². The molecular weight excluding hydrogens is 190 g/mol. The van der Waals surface area contributed by atoms with Gasteiger partial charge < -0.3 is 16.3 Å². The SMILES string of the molecule is CC1CC(C)CC(NCCC(N)=NO)C1. The molecule has 0 aliphatic heterocycles. The monoisotopic (exact) mass is 213 g/mol. The summed E-state index contributed by atoms with van der Waals surface area (Å²) in [4.78, 5) is 0. The summed E-state index contributed by atoms with van der Waals surface area (Å²) in [5, 5.41) is 14.8. The van der Waals surface area contributed by atoms with E-state index in [4.69, 9.17) is 10.9 Å². The number of nitrogens with one attached hydrogen (secondary N) is 1. The van der Waals surface area contributed by atoms with Crippen LogP contribution in [0.15, 0.2) is 5.16 Å². The van der Waals surface area contributed by atoms with Crippen LogP contribution in [0, 0.1) is 11.8 Å². The Kier molecular flexibility index (Phi) is 4.88. The summed E-state index contributed by atoms with van der Waals surface area (Å²) in [5.74, 6) is 1.93. The Hall–Kier alpha value is -0.770. The minimum Gasteiger partial charge on any atom is -0.409 e. The molecule has 15 heavy (non-hydrogen) atoms. The lowest BCUT2D eigenvalue weighted by molar-refractivity contribution is 0.240. The molecule has 4 heteroatoms. The van der Waals surface area contributed by atoms with Gasteiger partial charge >= 0.3 is 0 Å².